The van der Waals surface area contributed by atoms with Crippen molar-refractivity contribution < 1.29 is 23.5 Å². The second-order valence-electron chi connectivity index (χ2n) is 6.89. The number of hydrogen-bond donors (Lipinski definition) is 4. The van der Waals surface area contributed by atoms with E-state index in [2.05, 4.69) is 5.32 Å². The van der Waals surface area contributed by atoms with Crippen LogP contribution in [0.15, 0.2) is 52.9 Å². The number of ether oxygens (including phenoxy) is 1. The SMILES string of the molecule is N=C(N)c1ccc2cc(OC(=O)c3ccc(CNC(=O)CCCC(N)=O)o3)ccc2c1. The lowest BCUT2D eigenvalue weighted by molar-refractivity contribution is -0.121. The van der Waals surface area contributed by atoms with Gasteiger partial charge in [-0.05, 0) is 47.5 Å². The number of primary amides is 1. The van der Waals surface area contributed by atoms with Crippen LogP contribution >= 0.6 is 0 Å². The maximum absolute atomic E-state index is 12.4. The zero-order valence-corrected chi connectivity index (χ0v) is 16.6. The number of nitrogens with two attached hydrogens (primary N) is 2. The Balaban J connectivity index is 1.57. The lowest BCUT2D eigenvalue weighted by Gasteiger charge is -2.06. The highest BCUT2D eigenvalue weighted by molar-refractivity contribution is 5.99. The van der Waals surface area contributed by atoms with Crippen LogP contribution in [0.1, 0.15) is 41.1 Å². The molecule has 9 nitrogen and oxygen atoms in total. The molecule has 0 fully saturated rings. The van der Waals surface area contributed by atoms with Gasteiger partial charge in [0.25, 0.3) is 0 Å². The van der Waals surface area contributed by atoms with E-state index in [1.54, 1.807) is 42.5 Å². The van der Waals surface area contributed by atoms with E-state index in [1.165, 1.54) is 6.07 Å². The molecule has 1 heterocycles. The maximum atomic E-state index is 12.4. The summed E-state index contributed by atoms with van der Waals surface area (Å²) in [7, 11) is 0. The van der Waals surface area contributed by atoms with Crippen molar-refractivity contribution in [3.05, 3.63) is 65.6 Å². The van der Waals surface area contributed by atoms with Gasteiger partial charge in [0.2, 0.25) is 17.6 Å². The standard InChI is InChI=1S/C22H22N4O5/c23-19(27)2-1-3-20(28)26-12-17-8-9-18(30-17)22(29)31-16-7-6-13-10-15(21(24)25)5-4-14(13)11-16/h4-11H,1-3,12H2,(H2,23,27)(H3,24,25)(H,26,28). The van der Waals surface area contributed by atoms with Gasteiger partial charge in [-0.15, -0.1) is 0 Å². The van der Waals surface area contributed by atoms with Crippen LogP contribution in [0, 0.1) is 5.41 Å². The number of nitrogen functional groups attached to an aromatic ring is 1. The van der Waals surface area contributed by atoms with Gasteiger partial charge >= 0.3 is 5.97 Å². The third kappa shape index (κ3) is 5.92. The Morgan fingerprint density at radius 1 is 0.968 bits per heavy atom. The second kappa shape index (κ2) is 9.57. The van der Waals surface area contributed by atoms with Crippen LogP contribution in [0.2, 0.25) is 0 Å². The summed E-state index contributed by atoms with van der Waals surface area (Å²) in [6.07, 6.45) is 0.698. The third-order valence-electron chi connectivity index (χ3n) is 4.48. The van der Waals surface area contributed by atoms with Crippen molar-refractivity contribution in [1.82, 2.24) is 5.32 Å². The molecule has 3 aromatic rings. The fourth-order valence-electron chi connectivity index (χ4n) is 2.89. The van der Waals surface area contributed by atoms with Gasteiger partial charge in [0.15, 0.2) is 0 Å². The molecule has 0 radical (unpaired) electrons. The first-order valence-corrected chi connectivity index (χ1v) is 9.56. The molecule has 2 aromatic carbocycles. The molecule has 0 saturated carbocycles. The summed E-state index contributed by atoms with van der Waals surface area (Å²) < 4.78 is 10.8. The van der Waals surface area contributed by atoms with E-state index < -0.39 is 11.9 Å². The molecule has 31 heavy (non-hydrogen) atoms. The summed E-state index contributed by atoms with van der Waals surface area (Å²) in [5.74, 6) is -0.643. The van der Waals surface area contributed by atoms with Gasteiger partial charge in [-0.3, -0.25) is 15.0 Å². The molecule has 1 aromatic heterocycles. The van der Waals surface area contributed by atoms with Crippen LogP contribution in [0.3, 0.4) is 0 Å². The van der Waals surface area contributed by atoms with Gasteiger partial charge in [-0.25, -0.2) is 4.79 Å². The lowest BCUT2D eigenvalue weighted by Crippen LogP contribution is -2.22. The first-order chi connectivity index (χ1) is 14.8. The van der Waals surface area contributed by atoms with Gasteiger partial charge in [0, 0.05) is 18.4 Å². The lowest BCUT2D eigenvalue weighted by atomic mass is 10.1. The number of nitrogens with one attached hydrogen (secondary N) is 2. The molecule has 0 saturated heterocycles. The first-order valence-electron chi connectivity index (χ1n) is 9.56. The molecule has 0 aliphatic rings. The number of benzene rings is 2. The Morgan fingerprint density at radius 2 is 1.71 bits per heavy atom. The van der Waals surface area contributed by atoms with Crippen LogP contribution in [0.4, 0.5) is 0 Å². The number of esters is 1. The number of carbonyl (C=O) groups is 3. The average molecular weight is 422 g/mol. The van der Waals surface area contributed by atoms with E-state index in [4.69, 9.17) is 26.0 Å². The second-order valence-corrected chi connectivity index (χ2v) is 6.89. The van der Waals surface area contributed by atoms with Gasteiger partial charge in [-0.1, -0.05) is 18.2 Å². The molecule has 160 valence electrons. The molecule has 0 atom stereocenters. The highest BCUT2D eigenvalue weighted by Gasteiger charge is 2.15. The minimum atomic E-state index is -0.668. The predicted molar refractivity (Wildman–Crippen MR) is 114 cm³/mol. The molecule has 0 spiro atoms. The fraction of sp³-hybridized carbons (Fsp3) is 0.182. The topological polar surface area (TPSA) is 162 Å². The number of fused-ring (bicyclic) bond motifs is 1. The highest BCUT2D eigenvalue weighted by Crippen LogP contribution is 2.23. The summed E-state index contributed by atoms with van der Waals surface area (Å²) in [5, 5.41) is 11.8. The van der Waals surface area contributed by atoms with Crippen molar-refractivity contribution in [2.75, 3.05) is 0 Å². The van der Waals surface area contributed by atoms with E-state index in [-0.39, 0.29) is 36.9 Å². The van der Waals surface area contributed by atoms with E-state index >= 15 is 0 Å². The zero-order chi connectivity index (χ0) is 22.4. The number of amidine groups is 1. The summed E-state index contributed by atoms with van der Waals surface area (Å²) in [6.45, 7) is 0.108. The number of rotatable bonds is 9. The predicted octanol–water partition coefficient (Wildman–Crippen LogP) is 2.21. The summed E-state index contributed by atoms with van der Waals surface area (Å²) in [5.41, 5.74) is 11.1. The zero-order valence-electron chi connectivity index (χ0n) is 16.6. The van der Waals surface area contributed by atoms with Crippen LogP contribution in [0.5, 0.6) is 5.75 Å². The molecule has 2 amide bonds. The Hall–Kier alpha value is -4.14. The maximum Gasteiger partial charge on any atom is 0.379 e. The van der Waals surface area contributed by atoms with Gasteiger partial charge in [0.05, 0.1) is 6.54 Å². The van der Waals surface area contributed by atoms with Gasteiger partial charge in [0.1, 0.15) is 17.3 Å². The highest BCUT2D eigenvalue weighted by atomic mass is 16.5. The minimum absolute atomic E-state index is 0.00463. The Morgan fingerprint density at radius 3 is 2.45 bits per heavy atom. The third-order valence-corrected chi connectivity index (χ3v) is 4.48. The van der Waals surface area contributed by atoms with Crippen LogP contribution < -0.4 is 21.5 Å². The number of hydrogen-bond acceptors (Lipinski definition) is 6. The molecule has 3 rings (SSSR count). The smallest absolute Gasteiger partial charge is 0.379 e. The molecule has 0 bridgehead atoms. The summed E-state index contributed by atoms with van der Waals surface area (Å²) in [4.78, 5) is 34.8. The fourth-order valence-corrected chi connectivity index (χ4v) is 2.89. The monoisotopic (exact) mass is 422 g/mol. The summed E-state index contributed by atoms with van der Waals surface area (Å²) in [6, 6.07) is 13.4. The van der Waals surface area contributed by atoms with Gasteiger partial charge in [-0.2, -0.15) is 0 Å². The van der Waals surface area contributed by atoms with Crippen molar-refractivity contribution in [2.24, 2.45) is 11.5 Å². The molecule has 0 unspecified atom stereocenters. The largest absolute Gasteiger partial charge is 0.452 e. The van der Waals surface area contributed by atoms with Crippen molar-refractivity contribution in [2.45, 2.75) is 25.8 Å². The molecule has 6 N–H and O–H groups in total. The quantitative estimate of drug-likeness (QED) is 0.179. The molecular weight excluding hydrogens is 400 g/mol. The van der Waals surface area contributed by atoms with Crippen LogP contribution in [-0.4, -0.2) is 23.6 Å². The van der Waals surface area contributed by atoms with Gasteiger partial charge < -0.3 is 25.9 Å². The Bertz CT molecular complexity index is 1150. The first kappa shape index (κ1) is 21.6. The van der Waals surface area contributed by atoms with Crippen LogP contribution in [0.25, 0.3) is 10.8 Å². The average Bonchev–Trinajstić information content (AvgIpc) is 3.21. The molecule has 0 aliphatic heterocycles. The van der Waals surface area contributed by atoms with E-state index in [0.29, 0.717) is 23.5 Å². The summed E-state index contributed by atoms with van der Waals surface area (Å²) >= 11 is 0. The van der Waals surface area contributed by atoms with E-state index in [1.807, 2.05) is 0 Å². The molecule has 0 aliphatic carbocycles. The normalized spacial score (nSPS) is 10.6. The number of carbonyl (C=O) groups excluding carboxylic acids is 3. The molecular formula is C22H22N4O5. The van der Waals surface area contributed by atoms with Crippen molar-refractivity contribution in [3.63, 3.8) is 0 Å². The van der Waals surface area contributed by atoms with E-state index in [0.717, 1.165) is 10.8 Å². The van der Waals surface area contributed by atoms with Crippen LogP contribution in [-0.2, 0) is 16.1 Å². The van der Waals surface area contributed by atoms with Crippen molar-refractivity contribution in [3.8, 4) is 5.75 Å². The molecule has 9 heteroatoms. The van der Waals surface area contributed by atoms with Crippen molar-refractivity contribution in [1.29, 1.82) is 5.41 Å². The Labute approximate surface area is 177 Å². The Kier molecular flexibility index (Phi) is 6.66. The van der Waals surface area contributed by atoms with Crippen molar-refractivity contribution >= 4 is 34.4 Å². The van der Waals surface area contributed by atoms with E-state index in [9.17, 15) is 14.4 Å². The minimum Gasteiger partial charge on any atom is -0.452 e. The number of amides is 2. The number of furan rings is 1.